The summed E-state index contributed by atoms with van der Waals surface area (Å²) in [4.78, 5) is 28.2. The van der Waals surface area contributed by atoms with Gasteiger partial charge in [0.1, 0.15) is 0 Å². The number of aromatic amines is 1. The number of nitrogens with one attached hydrogen (secondary N) is 2. The van der Waals surface area contributed by atoms with E-state index in [0.717, 1.165) is 10.9 Å². The highest BCUT2D eigenvalue weighted by Gasteiger charge is 2.24. The maximum atomic E-state index is 12.7. The number of carbonyl (C=O) groups is 2. The molecule has 0 bridgehead atoms. The largest absolute Gasteiger partial charge is 0.451 e. The number of ether oxygens (including phenoxy) is 1. The van der Waals surface area contributed by atoms with Crippen LogP contribution in [0.5, 0.6) is 0 Å². The summed E-state index contributed by atoms with van der Waals surface area (Å²) in [5.74, 6) is -1.12. The fourth-order valence-corrected chi connectivity index (χ4v) is 4.24. The van der Waals surface area contributed by atoms with Gasteiger partial charge in [0.2, 0.25) is 15.8 Å². The summed E-state index contributed by atoms with van der Waals surface area (Å²) in [6.07, 6.45) is 0.554. The number of hydrogen-bond acceptors (Lipinski definition) is 5. The molecule has 0 radical (unpaired) electrons. The van der Waals surface area contributed by atoms with Gasteiger partial charge >= 0.3 is 5.97 Å². The lowest BCUT2D eigenvalue weighted by molar-refractivity contribution is 0.0319. The number of fused-ring (bicyclic) bond motifs is 1. The number of hydrogen-bond donors (Lipinski definition) is 2. The molecule has 7 nitrogen and oxygen atoms in total. The lowest BCUT2D eigenvalue weighted by Gasteiger charge is -2.13. The number of carbonyl (C=O) groups excluding carboxylic acids is 2. The zero-order valence-corrected chi connectivity index (χ0v) is 17.1. The van der Waals surface area contributed by atoms with Crippen molar-refractivity contribution in [1.82, 2.24) is 9.71 Å². The van der Waals surface area contributed by atoms with E-state index in [1.54, 1.807) is 20.0 Å². The number of ketones is 1. The molecule has 2 aromatic carbocycles. The summed E-state index contributed by atoms with van der Waals surface area (Å²) in [7, 11) is -3.75. The van der Waals surface area contributed by atoms with E-state index >= 15 is 0 Å². The average Bonchev–Trinajstić information content (AvgIpc) is 3.10. The van der Waals surface area contributed by atoms with Gasteiger partial charge in [0.15, 0.2) is 6.10 Å². The maximum Gasteiger partial charge on any atom is 0.338 e. The van der Waals surface area contributed by atoms with Crippen LogP contribution in [0.1, 0.15) is 41.5 Å². The molecule has 1 heterocycles. The number of Topliss-reactive ketones (excluding diaryl/α,β-unsaturated/α-hetero) is 1. The van der Waals surface area contributed by atoms with Gasteiger partial charge in [-0.25, -0.2) is 17.9 Å². The van der Waals surface area contributed by atoms with Gasteiger partial charge in [0.25, 0.3) is 0 Å². The van der Waals surface area contributed by atoms with Crippen LogP contribution in [0.4, 0.5) is 0 Å². The summed E-state index contributed by atoms with van der Waals surface area (Å²) >= 11 is 0. The van der Waals surface area contributed by atoms with Crippen LogP contribution in [0.15, 0.2) is 59.6 Å². The molecule has 0 aliphatic heterocycles. The Labute approximate surface area is 169 Å². The Balaban J connectivity index is 1.78. The van der Waals surface area contributed by atoms with Crippen molar-refractivity contribution in [3.63, 3.8) is 0 Å². The fourth-order valence-electron chi connectivity index (χ4n) is 2.95. The van der Waals surface area contributed by atoms with E-state index in [-0.39, 0.29) is 22.3 Å². The fraction of sp³-hybridized carbons (Fsp3) is 0.238. The van der Waals surface area contributed by atoms with Crippen LogP contribution in [0, 0.1) is 0 Å². The quantitative estimate of drug-likeness (QED) is 0.456. The highest BCUT2D eigenvalue weighted by molar-refractivity contribution is 7.89. The molecule has 0 saturated heterocycles. The molecular formula is C21H22N2O5S. The van der Waals surface area contributed by atoms with Crippen molar-refractivity contribution in [3.05, 3.63) is 65.9 Å². The van der Waals surface area contributed by atoms with Crippen molar-refractivity contribution >= 4 is 32.7 Å². The Hall–Kier alpha value is -2.97. The maximum absolute atomic E-state index is 12.7. The molecule has 0 fully saturated rings. The molecule has 152 valence electrons. The van der Waals surface area contributed by atoms with Crippen LogP contribution >= 0.6 is 0 Å². The zero-order chi connectivity index (χ0) is 21.2. The number of sulfonamides is 1. The summed E-state index contributed by atoms with van der Waals surface area (Å²) in [6, 6.07) is 12.6. The Kier molecular flexibility index (Phi) is 5.86. The van der Waals surface area contributed by atoms with Crippen molar-refractivity contribution in [2.24, 2.45) is 0 Å². The number of H-pyrrole nitrogens is 1. The third-order valence-electron chi connectivity index (χ3n) is 4.28. The number of esters is 1. The van der Waals surface area contributed by atoms with Gasteiger partial charge in [-0.3, -0.25) is 4.79 Å². The van der Waals surface area contributed by atoms with Gasteiger partial charge in [-0.1, -0.05) is 24.3 Å². The molecule has 0 aliphatic rings. The number of benzene rings is 2. The van der Waals surface area contributed by atoms with Gasteiger partial charge < -0.3 is 9.72 Å². The first-order valence-electron chi connectivity index (χ1n) is 9.13. The number of aromatic nitrogens is 1. The Bertz CT molecular complexity index is 1160. The third kappa shape index (κ3) is 4.55. The molecule has 29 heavy (non-hydrogen) atoms. The summed E-state index contributed by atoms with van der Waals surface area (Å²) in [5, 5.41) is 0.744. The average molecular weight is 414 g/mol. The van der Waals surface area contributed by atoms with Gasteiger partial charge in [-0.15, -0.1) is 0 Å². The highest BCUT2D eigenvalue weighted by atomic mass is 32.2. The van der Waals surface area contributed by atoms with Gasteiger partial charge in [0, 0.05) is 28.7 Å². The number of rotatable bonds is 7. The van der Waals surface area contributed by atoms with Crippen LogP contribution in [0.2, 0.25) is 0 Å². The van der Waals surface area contributed by atoms with Crippen LogP contribution in [0.25, 0.3) is 10.9 Å². The van der Waals surface area contributed by atoms with E-state index in [1.165, 1.54) is 31.2 Å². The lowest BCUT2D eigenvalue weighted by atomic mass is 10.1. The second-order valence-corrected chi connectivity index (χ2v) is 8.68. The van der Waals surface area contributed by atoms with E-state index < -0.39 is 22.1 Å². The molecule has 8 heteroatoms. The van der Waals surface area contributed by atoms with Gasteiger partial charge in [-0.2, -0.15) is 0 Å². The predicted molar refractivity (Wildman–Crippen MR) is 109 cm³/mol. The molecule has 1 aromatic heterocycles. The van der Waals surface area contributed by atoms with E-state index in [4.69, 9.17) is 4.74 Å². The molecule has 0 spiro atoms. The predicted octanol–water partition coefficient (Wildman–Crippen LogP) is 3.28. The Morgan fingerprint density at radius 1 is 1.03 bits per heavy atom. The second kappa shape index (κ2) is 8.18. The molecule has 1 atom stereocenters. The minimum Gasteiger partial charge on any atom is -0.451 e. The van der Waals surface area contributed by atoms with Gasteiger partial charge in [0.05, 0.1) is 10.5 Å². The smallest absolute Gasteiger partial charge is 0.338 e. The first-order chi connectivity index (χ1) is 13.7. The van der Waals surface area contributed by atoms with E-state index in [2.05, 4.69) is 9.71 Å². The molecule has 0 amide bonds. The van der Waals surface area contributed by atoms with Crippen molar-refractivity contribution in [3.8, 4) is 0 Å². The van der Waals surface area contributed by atoms with Crippen molar-refractivity contribution in [2.45, 2.75) is 37.8 Å². The topological polar surface area (TPSA) is 105 Å². The summed E-state index contributed by atoms with van der Waals surface area (Å²) in [5.41, 5.74) is 1.29. The molecule has 3 aromatic rings. The second-order valence-electron chi connectivity index (χ2n) is 6.96. The van der Waals surface area contributed by atoms with E-state index in [1.807, 2.05) is 24.3 Å². The minimum absolute atomic E-state index is 0.0451. The van der Waals surface area contributed by atoms with E-state index in [9.17, 15) is 18.0 Å². The van der Waals surface area contributed by atoms with Crippen molar-refractivity contribution < 1.29 is 22.7 Å². The van der Waals surface area contributed by atoms with Crippen LogP contribution in [-0.4, -0.2) is 37.3 Å². The van der Waals surface area contributed by atoms with Gasteiger partial charge in [-0.05, 0) is 45.0 Å². The zero-order valence-electron chi connectivity index (χ0n) is 16.3. The molecule has 3 rings (SSSR count). The van der Waals surface area contributed by atoms with E-state index in [0.29, 0.717) is 5.56 Å². The number of para-hydroxylation sites is 1. The molecule has 2 N–H and O–H groups in total. The summed E-state index contributed by atoms with van der Waals surface area (Å²) in [6.45, 7) is 4.89. The lowest BCUT2D eigenvalue weighted by Crippen LogP contribution is -2.30. The standard InChI is InChI=1S/C21H22N2O5S/c1-13(2)23-29(26,27)16-8-6-7-15(11-16)21(25)28-14(3)20(24)18-12-22-19-10-5-4-9-17(18)19/h4-14,22-23H,1-3H3/t14-/m0/s1. The van der Waals surface area contributed by atoms with Crippen molar-refractivity contribution in [2.75, 3.05) is 0 Å². The van der Waals surface area contributed by atoms with Crippen LogP contribution < -0.4 is 4.72 Å². The molecule has 0 aliphatic carbocycles. The minimum atomic E-state index is -3.75. The van der Waals surface area contributed by atoms with Crippen LogP contribution in [0.3, 0.4) is 0 Å². The normalized spacial score (nSPS) is 12.8. The molecular weight excluding hydrogens is 392 g/mol. The summed E-state index contributed by atoms with van der Waals surface area (Å²) < 4.78 is 32.4. The Morgan fingerprint density at radius 3 is 2.48 bits per heavy atom. The van der Waals surface area contributed by atoms with Crippen molar-refractivity contribution in [1.29, 1.82) is 0 Å². The first kappa shape index (κ1) is 20.8. The van der Waals surface area contributed by atoms with Crippen LogP contribution in [-0.2, 0) is 14.8 Å². The SMILES string of the molecule is CC(C)NS(=O)(=O)c1cccc(C(=O)O[C@@H](C)C(=O)c2c[nH]c3ccccc23)c1. The molecule has 0 unspecified atom stereocenters. The third-order valence-corrected chi connectivity index (χ3v) is 5.93. The first-order valence-corrected chi connectivity index (χ1v) is 10.6. The highest BCUT2D eigenvalue weighted by Crippen LogP contribution is 2.21. The Morgan fingerprint density at radius 2 is 1.76 bits per heavy atom. The molecule has 0 saturated carbocycles. The monoisotopic (exact) mass is 414 g/mol.